The third-order valence-electron chi connectivity index (χ3n) is 7.09. The molecular weight excluding hydrogens is 683 g/mol. The molecule has 3 N–H and O–H groups in total. The van der Waals surface area contributed by atoms with Crippen LogP contribution in [0.3, 0.4) is 0 Å². The van der Waals surface area contributed by atoms with Crippen LogP contribution in [0.5, 0.6) is 0 Å². The average molecular weight is 707 g/mol. The number of carbonyl (C=O) groups is 2. The first-order chi connectivity index (χ1) is 19.6. The summed E-state index contributed by atoms with van der Waals surface area (Å²) in [6, 6.07) is 10.5. The normalized spacial score (nSPS) is 16.7. The van der Waals surface area contributed by atoms with E-state index in [9.17, 15) is 41.0 Å². The number of anilines is 2. The van der Waals surface area contributed by atoms with Crippen molar-refractivity contribution in [3.63, 3.8) is 0 Å². The second-order valence-corrected chi connectivity index (χ2v) is 11.0. The van der Waals surface area contributed by atoms with Crippen LogP contribution in [0.4, 0.5) is 37.7 Å². The second kappa shape index (κ2) is 11.7. The number of likely N-dealkylation sites (tertiary alicyclic amines) is 1. The minimum absolute atomic E-state index is 0.227. The van der Waals surface area contributed by atoms with E-state index in [1.165, 1.54) is 37.3 Å². The molecule has 2 atom stereocenters. The van der Waals surface area contributed by atoms with Gasteiger partial charge in [0, 0.05) is 16.2 Å². The Morgan fingerprint density at radius 1 is 1.02 bits per heavy atom. The Morgan fingerprint density at radius 3 is 2.24 bits per heavy atom. The molecular formula is C28H24F6IN3O4. The lowest BCUT2D eigenvalue weighted by Crippen LogP contribution is -2.72. The van der Waals surface area contributed by atoms with Gasteiger partial charge in [-0.3, -0.25) is 9.59 Å². The molecule has 42 heavy (non-hydrogen) atoms. The van der Waals surface area contributed by atoms with Crippen LogP contribution in [0.1, 0.15) is 22.8 Å². The Kier molecular flexibility index (Phi) is 8.81. The molecule has 14 heteroatoms. The van der Waals surface area contributed by atoms with E-state index in [2.05, 4.69) is 10.6 Å². The van der Waals surface area contributed by atoms with Crippen molar-refractivity contribution < 1.29 is 45.8 Å². The maximum absolute atomic E-state index is 14.8. The summed E-state index contributed by atoms with van der Waals surface area (Å²) in [4.78, 5) is 27.3. The second-order valence-electron chi connectivity index (χ2n) is 9.74. The Bertz CT molecular complexity index is 1500. The van der Waals surface area contributed by atoms with Gasteiger partial charge >= 0.3 is 6.18 Å². The molecule has 1 aliphatic rings. The van der Waals surface area contributed by atoms with Crippen molar-refractivity contribution in [1.82, 2.24) is 10.2 Å². The Labute approximate surface area is 250 Å². The molecule has 0 aromatic heterocycles. The summed E-state index contributed by atoms with van der Waals surface area (Å²) < 4.78 is 91.2. The van der Waals surface area contributed by atoms with Crippen LogP contribution < -0.4 is 10.6 Å². The standard InChI is InChI=1S/C28H24F6IN3O4/c1-15(36-25(40)27(42-2,28(32,33)34)16-6-4-3-5-7-16)26(41)13-38(14-26)24(39)18-9-10-19(29)22(31)23(18)37-21-11-8-17(35)12-20(21)30/h3-12,15,37,41H,13-14H2,1-2H3,(H,36,40)/t15?,27-/m1/s1. The minimum atomic E-state index is -5.18. The van der Waals surface area contributed by atoms with E-state index in [4.69, 9.17) is 4.74 Å². The van der Waals surface area contributed by atoms with E-state index >= 15 is 0 Å². The number of benzene rings is 3. The molecule has 224 valence electrons. The first-order valence-electron chi connectivity index (χ1n) is 12.3. The molecule has 1 fully saturated rings. The lowest BCUT2D eigenvalue weighted by atomic mass is 9.84. The molecule has 0 spiro atoms. The number of nitrogens with zero attached hydrogens (tertiary/aromatic N) is 1. The van der Waals surface area contributed by atoms with E-state index in [0.29, 0.717) is 9.64 Å². The zero-order chi connectivity index (χ0) is 31.0. The predicted octanol–water partition coefficient (Wildman–Crippen LogP) is 5.25. The number of aliphatic hydroxyl groups is 1. The van der Waals surface area contributed by atoms with E-state index in [-0.39, 0.29) is 11.3 Å². The molecule has 1 saturated heterocycles. The van der Waals surface area contributed by atoms with Crippen molar-refractivity contribution >= 4 is 45.8 Å². The maximum Gasteiger partial charge on any atom is 0.430 e. The summed E-state index contributed by atoms with van der Waals surface area (Å²) >= 11 is 1.86. The number of hydrogen-bond acceptors (Lipinski definition) is 5. The van der Waals surface area contributed by atoms with Gasteiger partial charge in [-0.1, -0.05) is 30.3 Å². The van der Waals surface area contributed by atoms with Crippen LogP contribution >= 0.6 is 22.6 Å². The molecule has 0 saturated carbocycles. The zero-order valence-electron chi connectivity index (χ0n) is 22.0. The van der Waals surface area contributed by atoms with E-state index < -0.39 is 77.0 Å². The number of rotatable bonds is 8. The molecule has 2 amide bonds. The molecule has 4 rings (SSSR count). The van der Waals surface area contributed by atoms with Crippen LogP contribution in [-0.4, -0.2) is 59.8 Å². The SMILES string of the molecule is CO[C@@](C(=O)NC(C)C1(O)CN(C(=O)c2ccc(F)c(F)c2Nc2ccc(I)cc2F)C1)(c1ccccc1)C(F)(F)F. The van der Waals surface area contributed by atoms with Crippen molar-refractivity contribution in [1.29, 1.82) is 0 Å². The lowest BCUT2D eigenvalue weighted by Gasteiger charge is -2.50. The van der Waals surface area contributed by atoms with Gasteiger partial charge in [0.15, 0.2) is 11.6 Å². The van der Waals surface area contributed by atoms with Gasteiger partial charge in [-0.15, -0.1) is 0 Å². The van der Waals surface area contributed by atoms with E-state index in [1.807, 2.05) is 22.6 Å². The van der Waals surface area contributed by atoms with Crippen molar-refractivity contribution in [3.05, 3.63) is 92.8 Å². The highest BCUT2D eigenvalue weighted by atomic mass is 127. The summed E-state index contributed by atoms with van der Waals surface area (Å²) in [5.74, 6) is -5.99. The highest BCUT2D eigenvalue weighted by Crippen LogP contribution is 2.42. The van der Waals surface area contributed by atoms with Crippen LogP contribution in [0.2, 0.25) is 0 Å². The first kappa shape index (κ1) is 31.6. The summed E-state index contributed by atoms with van der Waals surface area (Å²) in [5, 5.41) is 15.6. The maximum atomic E-state index is 14.8. The molecule has 1 heterocycles. The topological polar surface area (TPSA) is 90.9 Å². The van der Waals surface area contributed by atoms with Crippen LogP contribution in [0.25, 0.3) is 0 Å². The molecule has 1 aliphatic heterocycles. The zero-order valence-corrected chi connectivity index (χ0v) is 24.2. The van der Waals surface area contributed by atoms with E-state index in [0.717, 1.165) is 36.3 Å². The number of nitrogens with one attached hydrogen (secondary N) is 2. The summed E-state index contributed by atoms with van der Waals surface area (Å²) in [6.45, 7) is 0.313. The highest BCUT2D eigenvalue weighted by Gasteiger charge is 2.63. The van der Waals surface area contributed by atoms with Crippen molar-refractivity contribution in [2.75, 3.05) is 25.5 Å². The fourth-order valence-corrected chi connectivity index (χ4v) is 5.09. The number of halogens is 7. The number of hydrogen-bond donors (Lipinski definition) is 3. The number of methoxy groups -OCH3 is 1. The molecule has 0 bridgehead atoms. The number of ether oxygens (including phenoxy) is 1. The van der Waals surface area contributed by atoms with Gasteiger partial charge in [0.25, 0.3) is 17.4 Å². The number of alkyl halides is 3. The summed E-state index contributed by atoms with van der Waals surface area (Å²) in [5.41, 5.74) is -6.99. The van der Waals surface area contributed by atoms with Crippen LogP contribution in [0, 0.1) is 21.0 Å². The van der Waals surface area contributed by atoms with Gasteiger partial charge < -0.3 is 25.4 Å². The van der Waals surface area contributed by atoms with Gasteiger partial charge in [0.1, 0.15) is 11.4 Å². The third-order valence-corrected chi connectivity index (χ3v) is 7.76. The Morgan fingerprint density at radius 2 is 1.67 bits per heavy atom. The smallest absolute Gasteiger partial charge is 0.384 e. The molecule has 0 radical (unpaired) electrons. The fourth-order valence-electron chi connectivity index (χ4n) is 4.63. The number of amides is 2. The average Bonchev–Trinajstić information content (AvgIpc) is 2.91. The van der Waals surface area contributed by atoms with Crippen molar-refractivity contribution in [2.24, 2.45) is 0 Å². The van der Waals surface area contributed by atoms with E-state index in [1.54, 1.807) is 0 Å². The van der Waals surface area contributed by atoms with Gasteiger partial charge in [-0.25, -0.2) is 13.2 Å². The van der Waals surface area contributed by atoms with Crippen LogP contribution in [0.15, 0.2) is 60.7 Å². The largest absolute Gasteiger partial charge is 0.430 e. The monoisotopic (exact) mass is 707 g/mol. The molecule has 0 aliphatic carbocycles. The molecule has 1 unspecified atom stereocenters. The quantitative estimate of drug-likeness (QED) is 0.220. The minimum Gasteiger partial charge on any atom is -0.384 e. The third kappa shape index (κ3) is 5.66. The predicted molar refractivity (Wildman–Crippen MR) is 148 cm³/mol. The van der Waals surface area contributed by atoms with Gasteiger partial charge in [-0.2, -0.15) is 13.2 Å². The first-order valence-corrected chi connectivity index (χ1v) is 13.4. The molecule has 7 nitrogen and oxygen atoms in total. The fraction of sp³-hybridized carbons (Fsp3) is 0.286. The van der Waals surface area contributed by atoms with Crippen molar-refractivity contribution in [2.45, 2.75) is 30.3 Å². The number of β-amino-alcohol motifs (C(OH)–C–C–N with tert-alkyl or cyclic N) is 1. The summed E-state index contributed by atoms with van der Waals surface area (Å²) in [7, 11) is 0.735. The summed E-state index contributed by atoms with van der Waals surface area (Å²) in [6.07, 6.45) is -5.18. The Hall–Kier alpha value is -3.37. The van der Waals surface area contributed by atoms with Crippen LogP contribution in [-0.2, 0) is 15.1 Å². The lowest BCUT2D eigenvalue weighted by molar-refractivity contribution is -0.266. The highest BCUT2D eigenvalue weighted by molar-refractivity contribution is 14.1. The number of carbonyl (C=O) groups excluding carboxylic acids is 2. The molecule has 3 aromatic rings. The van der Waals surface area contributed by atoms with Crippen molar-refractivity contribution in [3.8, 4) is 0 Å². The Balaban J connectivity index is 1.53. The van der Waals surface area contributed by atoms with Gasteiger partial charge in [0.2, 0.25) is 0 Å². The molecule has 3 aromatic carbocycles. The van der Waals surface area contributed by atoms with Gasteiger partial charge in [0.05, 0.1) is 36.1 Å². The van der Waals surface area contributed by atoms with Gasteiger partial charge in [-0.05, 0) is 59.8 Å².